The van der Waals surface area contributed by atoms with Crippen molar-refractivity contribution in [1.82, 2.24) is 0 Å². The van der Waals surface area contributed by atoms with E-state index in [0.29, 0.717) is 5.56 Å². The highest BCUT2D eigenvalue weighted by molar-refractivity contribution is 5.86. The predicted molar refractivity (Wildman–Crippen MR) is 104 cm³/mol. The van der Waals surface area contributed by atoms with Gasteiger partial charge in [-0.1, -0.05) is 42.5 Å². The minimum Gasteiger partial charge on any atom is -0.356 e. The van der Waals surface area contributed by atoms with Gasteiger partial charge in [-0.05, 0) is 71.5 Å². The van der Waals surface area contributed by atoms with Crippen LogP contribution in [0.5, 0.6) is 0 Å². The fraction of sp³-hybridized carbons (Fsp3) is 0.0870. The molecule has 0 bridgehead atoms. The Balaban J connectivity index is 1.57. The normalized spacial score (nSPS) is 14.1. The molecule has 1 N–H and O–H groups in total. The molecule has 0 radical (unpaired) electrons. The summed E-state index contributed by atoms with van der Waals surface area (Å²) in [4.78, 5) is 0. The zero-order valence-electron chi connectivity index (χ0n) is 13.9. The van der Waals surface area contributed by atoms with Crippen LogP contribution in [0.2, 0.25) is 0 Å². The maximum absolute atomic E-state index is 8.88. The maximum atomic E-state index is 8.88. The summed E-state index contributed by atoms with van der Waals surface area (Å²) >= 11 is 0. The molecule has 2 heteroatoms. The van der Waals surface area contributed by atoms with Crippen LogP contribution in [0.25, 0.3) is 11.6 Å². The molecule has 0 amide bonds. The largest absolute Gasteiger partial charge is 0.356 e. The number of nitrogens with one attached hydrogen (secondary N) is 1. The Morgan fingerprint density at radius 1 is 0.840 bits per heavy atom. The van der Waals surface area contributed by atoms with E-state index < -0.39 is 0 Å². The molecule has 0 atom stereocenters. The highest BCUT2D eigenvalue weighted by Gasteiger charge is 2.16. The SMILES string of the molecule is N#Cc1ccc(Nc2ccc3c(c2)CC/C3=C\c2ccccc2)cc1. The third-order valence-electron chi connectivity index (χ3n) is 4.56. The molecule has 0 aliphatic heterocycles. The maximum Gasteiger partial charge on any atom is 0.0991 e. The van der Waals surface area contributed by atoms with Gasteiger partial charge in [0.05, 0.1) is 11.6 Å². The summed E-state index contributed by atoms with van der Waals surface area (Å²) in [5.74, 6) is 0. The van der Waals surface area contributed by atoms with E-state index in [1.165, 1.54) is 22.3 Å². The van der Waals surface area contributed by atoms with Gasteiger partial charge in [0.15, 0.2) is 0 Å². The van der Waals surface area contributed by atoms with E-state index in [9.17, 15) is 0 Å². The third kappa shape index (κ3) is 3.32. The molecule has 3 aromatic rings. The molecular formula is C23H18N2. The number of nitrogens with zero attached hydrogens (tertiary/aromatic N) is 1. The molecule has 0 saturated carbocycles. The number of hydrogen-bond donors (Lipinski definition) is 1. The Morgan fingerprint density at radius 2 is 1.60 bits per heavy atom. The van der Waals surface area contributed by atoms with Crippen LogP contribution < -0.4 is 5.32 Å². The van der Waals surface area contributed by atoms with Crippen LogP contribution in [0, 0.1) is 11.3 Å². The van der Waals surface area contributed by atoms with Crippen molar-refractivity contribution in [2.45, 2.75) is 12.8 Å². The van der Waals surface area contributed by atoms with Crippen molar-refractivity contribution >= 4 is 23.0 Å². The number of benzene rings is 3. The third-order valence-corrected chi connectivity index (χ3v) is 4.56. The Hall–Kier alpha value is -3.31. The van der Waals surface area contributed by atoms with E-state index in [1.54, 1.807) is 0 Å². The van der Waals surface area contributed by atoms with Gasteiger partial charge in [0.2, 0.25) is 0 Å². The predicted octanol–water partition coefficient (Wildman–Crippen LogP) is 5.79. The van der Waals surface area contributed by atoms with Gasteiger partial charge in [-0.3, -0.25) is 0 Å². The molecule has 0 saturated heterocycles. The first kappa shape index (κ1) is 15.2. The number of fused-ring (bicyclic) bond motifs is 1. The van der Waals surface area contributed by atoms with Crippen LogP contribution in [0.4, 0.5) is 11.4 Å². The minimum absolute atomic E-state index is 0.676. The minimum atomic E-state index is 0.676. The first-order valence-corrected chi connectivity index (χ1v) is 8.48. The quantitative estimate of drug-likeness (QED) is 0.662. The second-order valence-corrected chi connectivity index (χ2v) is 6.27. The molecule has 0 unspecified atom stereocenters. The molecule has 1 aliphatic rings. The van der Waals surface area contributed by atoms with Gasteiger partial charge in [-0.2, -0.15) is 5.26 Å². The Labute approximate surface area is 148 Å². The molecule has 0 spiro atoms. The highest BCUT2D eigenvalue weighted by atomic mass is 14.9. The number of allylic oxidation sites excluding steroid dienone is 1. The molecule has 1 aliphatic carbocycles. The Morgan fingerprint density at radius 3 is 2.36 bits per heavy atom. The van der Waals surface area contributed by atoms with E-state index >= 15 is 0 Å². The summed E-state index contributed by atoms with van der Waals surface area (Å²) in [6, 6.07) is 26.7. The van der Waals surface area contributed by atoms with Gasteiger partial charge in [0, 0.05) is 11.4 Å². The second-order valence-electron chi connectivity index (χ2n) is 6.27. The van der Waals surface area contributed by atoms with Crippen LogP contribution in [0.15, 0.2) is 72.8 Å². The second kappa shape index (κ2) is 6.67. The first-order chi connectivity index (χ1) is 12.3. The standard InChI is InChI=1S/C23H18N2/c24-16-18-6-10-21(11-7-18)25-22-12-13-23-19(8-9-20(23)15-22)14-17-4-2-1-3-5-17/h1-7,10-15,25H,8-9H2/b19-14+. The molecule has 4 rings (SSSR count). The molecule has 2 nitrogen and oxygen atoms in total. The van der Waals surface area contributed by atoms with Crippen LogP contribution >= 0.6 is 0 Å². The van der Waals surface area contributed by atoms with Crippen LogP contribution in [0.3, 0.4) is 0 Å². The highest BCUT2D eigenvalue weighted by Crippen LogP contribution is 2.35. The van der Waals surface area contributed by atoms with Crippen molar-refractivity contribution in [1.29, 1.82) is 5.26 Å². The van der Waals surface area contributed by atoms with Gasteiger partial charge in [-0.25, -0.2) is 0 Å². The van der Waals surface area contributed by atoms with Crippen LogP contribution in [0.1, 0.15) is 28.7 Å². The summed E-state index contributed by atoms with van der Waals surface area (Å²) in [5.41, 5.74) is 8.17. The van der Waals surface area contributed by atoms with E-state index in [2.05, 4.69) is 59.9 Å². The molecule has 25 heavy (non-hydrogen) atoms. The number of aryl methyl sites for hydroxylation is 1. The monoisotopic (exact) mass is 322 g/mol. The Kier molecular flexibility index (Phi) is 4.06. The van der Waals surface area contributed by atoms with Crippen molar-refractivity contribution in [2.24, 2.45) is 0 Å². The lowest BCUT2D eigenvalue weighted by atomic mass is 10.0. The molecule has 120 valence electrons. The molecule has 3 aromatic carbocycles. The molecule has 0 heterocycles. The zero-order chi connectivity index (χ0) is 17.1. The number of rotatable bonds is 3. The lowest BCUT2D eigenvalue weighted by Gasteiger charge is -2.09. The average molecular weight is 322 g/mol. The smallest absolute Gasteiger partial charge is 0.0991 e. The lowest BCUT2D eigenvalue weighted by molar-refractivity contribution is 1.08. The van der Waals surface area contributed by atoms with Crippen molar-refractivity contribution < 1.29 is 0 Å². The van der Waals surface area contributed by atoms with Crippen molar-refractivity contribution in [3.63, 3.8) is 0 Å². The Bertz CT molecular complexity index is 961. The number of hydrogen-bond acceptors (Lipinski definition) is 2. The summed E-state index contributed by atoms with van der Waals surface area (Å²) in [6.07, 6.45) is 4.46. The van der Waals surface area contributed by atoms with E-state index in [0.717, 1.165) is 24.2 Å². The van der Waals surface area contributed by atoms with E-state index in [1.807, 2.05) is 30.3 Å². The van der Waals surface area contributed by atoms with Crippen molar-refractivity contribution in [2.75, 3.05) is 5.32 Å². The van der Waals surface area contributed by atoms with Crippen molar-refractivity contribution in [3.8, 4) is 6.07 Å². The van der Waals surface area contributed by atoms with Crippen molar-refractivity contribution in [3.05, 3.63) is 95.1 Å². The fourth-order valence-corrected chi connectivity index (χ4v) is 3.29. The molecular weight excluding hydrogens is 304 g/mol. The van der Waals surface area contributed by atoms with Gasteiger partial charge < -0.3 is 5.32 Å². The summed E-state index contributed by atoms with van der Waals surface area (Å²) in [7, 11) is 0. The summed E-state index contributed by atoms with van der Waals surface area (Å²) in [5, 5.41) is 12.3. The number of anilines is 2. The summed E-state index contributed by atoms with van der Waals surface area (Å²) in [6.45, 7) is 0. The number of nitriles is 1. The molecule has 0 fully saturated rings. The van der Waals surface area contributed by atoms with Crippen LogP contribution in [-0.2, 0) is 6.42 Å². The van der Waals surface area contributed by atoms with E-state index in [4.69, 9.17) is 5.26 Å². The van der Waals surface area contributed by atoms with Gasteiger partial charge in [-0.15, -0.1) is 0 Å². The summed E-state index contributed by atoms with van der Waals surface area (Å²) < 4.78 is 0. The van der Waals surface area contributed by atoms with Gasteiger partial charge in [0.25, 0.3) is 0 Å². The fourth-order valence-electron chi connectivity index (χ4n) is 3.29. The van der Waals surface area contributed by atoms with E-state index in [-0.39, 0.29) is 0 Å². The zero-order valence-corrected chi connectivity index (χ0v) is 13.9. The first-order valence-electron chi connectivity index (χ1n) is 8.48. The lowest BCUT2D eigenvalue weighted by Crippen LogP contribution is -1.92. The topological polar surface area (TPSA) is 35.8 Å². The van der Waals surface area contributed by atoms with Gasteiger partial charge >= 0.3 is 0 Å². The van der Waals surface area contributed by atoms with Gasteiger partial charge in [0.1, 0.15) is 0 Å². The average Bonchev–Trinajstić information content (AvgIpc) is 3.05. The molecule has 0 aromatic heterocycles. The van der Waals surface area contributed by atoms with Crippen LogP contribution in [-0.4, -0.2) is 0 Å².